The summed E-state index contributed by atoms with van der Waals surface area (Å²) in [6.45, 7) is 0. The molecule has 0 atom stereocenters. The molecule has 1 N–H and O–H groups in total. The van der Waals surface area contributed by atoms with Crippen molar-refractivity contribution in [2.75, 3.05) is 4.90 Å². The topological polar surface area (TPSA) is 79.6 Å². The molecule has 1 saturated heterocycles. The molecule has 1 aliphatic rings. The van der Waals surface area contributed by atoms with E-state index in [1.54, 1.807) is 30.3 Å². The van der Waals surface area contributed by atoms with Crippen molar-refractivity contribution in [3.05, 3.63) is 79.4 Å². The van der Waals surface area contributed by atoms with E-state index in [0.717, 1.165) is 9.37 Å². The highest BCUT2D eigenvalue weighted by Crippen LogP contribution is 2.35. The van der Waals surface area contributed by atoms with Crippen molar-refractivity contribution < 1.29 is 18.8 Å². The zero-order chi connectivity index (χ0) is 22.3. The molecule has 3 aromatic rings. The first-order valence-electron chi connectivity index (χ1n) is 8.67. The van der Waals surface area contributed by atoms with Gasteiger partial charge in [-0.25, -0.2) is 9.69 Å². The van der Waals surface area contributed by atoms with Crippen LogP contribution in [0.2, 0.25) is 15.1 Å². The van der Waals surface area contributed by atoms with Crippen LogP contribution in [0.3, 0.4) is 0 Å². The van der Waals surface area contributed by atoms with Crippen LogP contribution in [0.4, 0.5) is 10.5 Å². The molecule has 2 aromatic carbocycles. The predicted octanol–water partition coefficient (Wildman–Crippen LogP) is 6.34. The average molecular weight is 541 g/mol. The van der Waals surface area contributed by atoms with E-state index < -0.39 is 17.8 Å². The molecule has 2 heterocycles. The van der Waals surface area contributed by atoms with Crippen LogP contribution >= 0.6 is 50.7 Å². The van der Waals surface area contributed by atoms with Gasteiger partial charge >= 0.3 is 6.03 Å². The van der Waals surface area contributed by atoms with Crippen LogP contribution in [0.25, 0.3) is 17.4 Å². The van der Waals surface area contributed by atoms with Crippen molar-refractivity contribution in [2.24, 2.45) is 0 Å². The number of carbonyl (C=O) groups is 3. The smallest absolute Gasteiger partial charge is 0.336 e. The maximum Gasteiger partial charge on any atom is 0.336 e. The summed E-state index contributed by atoms with van der Waals surface area (Å²) in [7, 11) is 0. The molecule has 0 unspecified atom stereocenters. The molecule has 1 fully saturated rings. The minimum Gasteiger partial charge on any atom is -0.457 e. The van der Waals surface area contributed by atoms with E-state index in [2.05, 4.69) is 21.2 Å². The zero-order valence-electron chi connectivity index (χ0n) is 15.3. The molecule has 10 heteroatoms. The number of carbonyl (C=O) groups excluding carboxylic acids is 3. The van der Waals surface area contributed by atoms with Crippen molar-refractivity contribution in [1.29, 1.82) is 0 Å². The van der Waals surface area contributed by atoms with E-state index in [1.807, 2.05) is 0 Å². The lowest BCUT2D eigenvalue weighted by Gasteiger charge is -2.27. The van der Waals surface area contributed by atoms with E-state index in [1.165, 1.54) is 24.3 Å². The van der Waals surface area contributed by atoms with Crippen LogP contribution in [0.5, 0.6) is 0 Å². The van der Waals surface area contributed by atoms with E-state index in [-0.39, 0.29) is 27.1 Å². The molecule has 31 heavy (non-hydrogen) atoms. The number of benzene rings is 2. The van der Waals surface area contributed by atoms with E-state index in [9.17, 15) is 14.4 Å². The third kappa shape index (κ3) is 4.14. The Morgan fingerprint density at radius 3 is 2.48 bits per heavy atom. The van der Waals surface area contributed by atoms with Gasteiger partial charge in [-0.2, -0.15) is 0 Å². The van der Waals surface area contributed by atoms with E-state index in [4.69, 9.17) is 39.2 Å². The molecule has 0 spiro atoms. The van der Waals surface area contributed by atoms with Gasteiger partial charge < -0.3 is 4.42 Å². The van der Waals surface area contributed by atoms with Crippen LogP contribution in [0.1, 0.15) is 5.76 Å². The Balaban J connectivity index is 1.70. The lowest BCUT2D eigenvalue weighted by Crippen LogP contribution is -2.54. The van der Waals surface area contributed by atoms with Gasteiger partial charge in [0, 0.05) is 10.0 Å². The highest BCUT2D eigenvalue weighted by molar-refractivity contribution is 9.10. The predicted molar refractivity (Wildman–Crippen MR) is 122 cm³/mol. The quantitative estimate of drug-likeness (QED) is 0.311. The molecular weight excluding hydrogens is 531 g/mol. The summed E-state index contributed by atoms with van der Waals surface area (Å²) in [6, 6.07) is 12.1. The van der Waals surface area contributed by atoms with Gasteiger partial charge in [-0.1, -0.05) is 46.9 Å². The molecule has 6 nitrogen and oxygen atoms in total. The number of nitrogens with one attached hydrogen (secondary N) is 1. The Bertz CT molecular complexity index is 1290. The van der Waals surface area contributed by atoms with Gasteiger partial charge in [-0.15, -0.1) is 0 Å². The molecule has 1 aromatic heterocycles. The van der Waals surface area contributed by atoms with Gasteiger partial charge in [0.1, 0.15) is 17.1 Å². The maximum atomic E-state index is 13.0. The van der Waals surface area contributed by atoms with Crippen LogP contribution in [0.15, 0.2) is 63.0 Å². The molecule has 0 saturated carbocycles. The number of rotatable bonds is 3. The fraction of sp³-hybridized carbons (Fsp3) is 0. The number of urea groups is 1. The minimum absolute atomic E-state index is 0.00812. The Hall–Kier alpha value is -2.58. The second-order valence-electron chi connectivity index (χ2n) is 6.36. The van der Waals surface area contributed by atoms with Gasteiger partial charge in [0.2, 0.25) is 0 Å². The molecule has 156 valence electrons. The minimum atomic E-state index is -0.930. The van der Waals surface area contributed by atoms with Crippen LogP contribution in [-0.4, -0.2) is 17.8 Å². The van der Waals surface area contributed by atoms with Crippen molar-refractivity contribution in [3.63, 3.8) is 0 Å². The van der Waals surface area contributed by atoms with Gasteiger partial charge in [0.05, 0.1) is 20.8 Å². The summed E-state index contributed by atoms with van der Waals surface area (Å²) < 4.78 is 6.48. The maximum absolute atomic E-state index is 13.0. The Labute approximate surface area is 199 Å². The van der Waals surface area contributed by atoms with Crippen molar-refractivity contribution >= 4 is 80.3 Å². The van der Waals surface area contributed by atoms with Crippen molar-refractivity contribution in [2.45, 2.75) is 0 Å². The number of furan rings is 1. The third-order valence-electron chi connectivity index (χ3n) is 4.39. The summed E-state index contributed by atoms with van der Waals surface area (Å²) >= 11 is 21.6. The SMILES string of the molecule is O=C1NC(=O)N(c2cccc(Cl)c2Cl)C(=O)/C1=C/c1ccc(-c2ccc(Br)c(Cl)c2)o1. The second-order valence-corrected chi connectivity index (χ2v) is 8.41. The number of nitrogens with zero attached hydrogens (tertiary/aromatic N) is 1. The molecule has 0 radical (unpaired) electrons. The standard InChI is InChI=1S/C21H10BrCl3N2O4/c22-13-6-4-10(8-15(13)24)17-7-5-11(31-17)9-12-19(28)26-21(30)27(20(12)29)16-3-1-2-14(23)18(16)25/h1-9H,(H,26,28,30)/b12-9+. The average Bonchev–Trinajstić information content (AvgIpc) is 3.19. The third-order valence-corrected chi connectivity index (χ3v) is 6.43. The number of anilines is 1. The number of imide groups is 2. The van der Waals surface area contributed by atoms with Gasteiger partial charge in [-0.3, -0.25) is 14.9 Å². The largest absolute Gasteiger partial charge is 0.457 e. The Kier molecular flexibility index (Phi) is 5.94. The van der Waals surface area contributed by atoms with E-state index in [0.29, 0.717) is 16.3 Å². The van der Waals surface area contributed by atoms with Crippen LogP contribution in [0, 0.1) is 0 Å². The lowest BCUT2D eigenvalue weighted by atomic mass is 10.1. The Morgan fingerprint density at radius 2 is 1.74 bits per heavy atom. The summed E-state index contributed by atoms with van der Waals surface area (Å²) in [4.78, 5) is 38.4. The summed E-state index contributed by atoms with van der Waals surface area (Å²) in [5.74, 6) is -0.994. The molecule has 4 amide bonds. The fourth-order valence-electron chi connectivity index (χ4n) is 2.92. The Morgan fingerprint density at radius 1 is 0.968 bits per heavy atom. The molecule has 4 rings (SSSR count). The number of barbiturate groups is 1. The summed E-state index contributed by atoms with van der Waals surface area (Å²) in [5, 5.41) is 2.79. The lowest BCUT2D eigenvalue weighted by molar-refractivity contribution is -0.122. The summed E-state index contributed by atoms with van der Waals surface area (Å²) in [5.41, 5.74) is 0.463. The highest BCUT2D eigenvalue weighted by atomic mass is 79.9. The number of hydrogen-bond acceptors (Lipinski definition) is 4. The highest BCUT2D eigenvalue weighted by Gasteiger charge is 2.38. The molecule has 1 aliphatic heterocycles. The monoisotopic (exact) mass is 538 g/mol. The van der Waals surface area contributed by atoms with Crippen molar-refractivity contribution in [3.8, 4) is 11.3 Å². The number of hydrogen-bond donors (Lipinski definition) is 1. The van der Waals surface area contributed by atoms with E-state index >= 15 is 0 Å². The van der Waals surface area contributed by atoms with Crippen molar-refractivity contribution in [1.82, 2.24) is 5.32 Å². The second kappa shape index (κ2) is 8.51. The summed E-state index contributed by atoms with van der Waals surface area (Å²) in [6.07, 6.45) is 1.25. The molecule has 0 aliphatic carbocycles. The van der Waals surface area contributed by atoms with Gasteiger partial charge in [-0.05, 0) is 58.4 Å². The molecular formula is C21H10BrCl3N2O4. The van der Waals surface area contributed by atoms with Crippen LogP contribution in [-0.2, 0) is 9.59 Å². The first kappa shape index (κ1) is 21.6. The van der Waals surface area contributed by atoms with Crippen LogP contribution < -0.4 is 10.2 Å². The van der Waals surface area contributed by atoms with Gasteiger partial charge in [0.25, 0.3) is 11.8 Å². The zero-order valence-corrected chi connectivity index (χ0v) is 19.1. The number of amides is 4. The number of halogens is 4. The molecule has 0 bridgehead atoms. The normalized spacial score (nSPS) is 15.5. The van der Waals surface area contributed by atoms with Gasteiger partial charge in [0.15, 0.2) is 0 Å². The first-order valence-corrected chi connectivity index (χ1v) is 10.6. The fourth-order valence-corrected chi connectivity index (χ4v) is 3.73. The first-order chi connectivity index (χ1) is 14.8.